The molecule has 0 aromatic carbocycles. The molecule has 0 unspecified atom stereocenters. The quantitative estimate of drug-likeness (QED) is 0.732. The highest BCUT2D eigenvalue weighted by Crippen LogP contribution is 1.97. The fourth-order valence-electron chi connectivity index (χ4n) is 0.866. The van der Waals surface area contributed by atoms with Crippen molar-refractivity contribution in [1.82, 2.24) is 9.55 Å². The number of hydrogen-bond acceptors (Lipinski definition) is 2. The van der Waals surface area contributed by atoms with Crippen LogP contribution in [0.2, 0.25) is 0 Å². The van der Waals surface area contributed by atoms with E-state index in [0.29, 0.717) is 0 Å². The molecule has 1 heterocycles. The summed E-state index contributed by atoms with van der Waals surface area (Å²) in [6, 6.07) is 0. The number of carbonyl (C=O) groups is 1. The summed E-state index contributed by atoms with van der Waals surface area (Å²) in [6.07, 6.45) is 6.25. The maximum absolute atomic E-state index is 10.4. The summed E-state index contributed by atoms with van der Waals surface area (Å²) in [5.74, 6) is -1.02. The maximum atomic E-state index is 10.4. The Morgan fingerprint density at radius 1 is 1.83 bits per heavy atom. The van der Waals surface area contributed by atoms with Crippen molar-refractivity contribution < 1.29 is 9.90 Å². The second-order valence-electron chi connectivity index (χ2n) is 2.56. The summed E-state index contributed by atoms with van der Waals surface area (Å²) in [5.41, 5.74) is -0.00824. The highest BCUT2D eigenvalue weighted by Gasteiger charge is 2.06. The van der Waals surface area contributed by atoms with E-state index < -0.39 is 5.97 Å². The van der Waals surface area contributed by atoms with Crippen LogP contribution in [0.15, 0.2) is 6.33 Å². The molecule has 0 spiro atoms. The molecule has 4 nitrogen and oxygen atoms in total. The Hall–Kier alpha value is -1.32. The van der Waals surface area contributed by atoms with Gasteiger partial charge in [-0.15, -0.1) is 0 Å². The third kappa shape index (κ3) is 2.08. The van der Waals surface area contributed by atoms with Gasteiger partial charge in [0.15, 0.2) is 5.69 Å². The second-order valence-corrected chi connectivity index (χ2v) is 2.56. The SMILES string of the molecule is CCCCn1[c]c(C(=O)O)nc1. The monoisotopic (exact) mass is 167 g/mol. The molecular weight excluding hydrogens is 156 g/mol. The fraction of sp³-hybridized carbons (Fsp3) is 0.500. The second kappa shape index (κ2) is 3.90. The molecule has 12 heavy (non-hydrogen) atoms. The van der Waals surface area contributed by atoms with Gasteiger partial charge in [0.25, 0.3) is 0 Å². The number of aryl methyl sites for hydroxylation is 1. The number of aromatic nitrogens is 2. The first kappa shape index (κ1) is 8.77. The van der Waals surface area contributed by atoms with Crippen LogP contribution in [0, 0.1) is 6.20 Å². The number of carboxylic acid groups (broad SMARTS) is 1. The molecule has 0 aliphatic heterocycles. The minimum atomic E-state index is -1.02. The molecule has 0 aliphatic rings. The highest BCUT2D eigenvalue weighted by atomic mass is 16.4. The summed E-state index contributed by atoms with van der Waals surface area (Å²) in [5, 5.41) is 8.52. The molecule has 0 bridgehead atoms. The average Bonchev–Trinajstić information content (AvgIpc) is 2.48. The topological polar surface area (TPSA) is 55.1 Å². The highest BCUT2D eigenvalue weighted by molar-refractivity contribution is 5.84. The zero-order chi connectivity index (χ0) is 8.97. The number of hydrogen-bond donors (Lipinski definition) is 1. The van der Waals surface area contributed by atoms with Gasteiger partial charge < -0.3 is 9.67 Å². The Labute approximate surface area is 70.9 Å². The van der Waals surface area contributed by atoms with Crippen LogP contribution in [0.4, 0.5) is 0 Å². The molecule has 1 N–H and O–H groups in total. The number of rotatable bonds is 4. The van der Waals surface area contributed by atoms with Gasteiger partial charge >= 0.3 is 5.97 Å². The molecule has 65 valence electrons. The van der Waals surface area contributed by atoms with Gasteiger partial charge in [-0.05, 0) is 6.42 Å². The van der Waals surface area contributed by atoms with Crippen LogP contribution < -0.4 is 0 Å². The lowest BCUT2D eigenvalue weighted by molar-refractivity contribution is 0.0690. The minimum absolute atomic E-state index is 0.00824. The van der Waals surface area contributed by atoms with E-state index in [1.807, 2.05) is 0 Å². The van der Waals surface area contributed by atoms with Crippen LogP contribution >= 0.6 is 0 Å². The van der Waals surface area contributed by atoms with Gasteiger partial charge in [0.1, 0.15) is 6.20 Å². The van der Waals surface area contributed by atoms with Gasteiger partial charge in [0, 0.05) is 6.54 Å². The first-order chi connectivity index (χ1) is 5.74. The van der Waals surface area contributed by atoms with Crippen molar-refractivity contribution >= 4 is 5.97 Å². The largest absolute Gasteiger partial charge is 0.476 e. The lowest BCUT2D eigenvalue weighted by atomic mass is 10.3. The summed E-state index contributed by atoms with van der Waals surface area (Å²) in [7, 11) is 0. The molecule has 0 aliphatic carbocycles. The third-order valence-electron chi connectivity index (χ3n) is 1.53. The van der Waals surface area contributed by atoms with E-state index >= 15 is 0 Å². The van der Waals surface area contributed by atoms with Crippen LogP contribution in [-0.4, -0.2) is 20.6 Å². The standard InChI is InChI=1S/C8H11N2O2/c1-2-3-4-10-5-7(8(11)12)9-6-10/h6H,2-4H2,1H3,(H,11,12). The number of nitrogens with zero attached hydrogens (tertiary/aromatic N) is 2. The van der Waals surface area contributed by atoms with E-state index in [1.165, 1.54) is 6.33 Å². The third-order valence-corrected chi connectivity index (χ3v) is 1.53. The average molecular weight is 167 g/mol. The Balaban J connectivity index is 2.58. The van der Waals surface area contributed by atoms with E-state index in [9.17, 15) is 4.79 Å². The lowest BCUT2D eigenvalue weighted by Gasteiger charge is -1.96. The lowest BCUT2D eigenvalue weighted by Crippen LogP contribution is -1.97. The predicted octanol–water partition coefficient (Wildman–Crippen LogP) is 1.18. The maximum Gasteiger partial charge on any atom is 0.356 e. The van der Waals surface area contributed by atoms with Crippen LogP contribution in [0.25, 0.3) is 0 Å². The summed E-state index contributed by atoms with van der Waals surface area (Å²) in [6.45, 7) is 2.87. The zero-order valence-electron chi connectivity index (χ0n) is 6.95. The van der Waals surface area contributed by atoms with Crippen molar-refractivity contribution in [2.24, 2.45) is 0 Å². The van der Waals surface area contributed by atoms with Crippen molar-refractivity contribution in [3.63, 3.8) is 0 Å². The fourth-order valence-corrected chi connectivity index (χ4v) is 0.866. The Morgan fingerprint density at radius 2 is 2.58 bits per heavy atom. The number of unbranched alkanes of at least 4 members (excludes halogenated alkanes) is 1. The molecule has 1 aromatic heterocycles. The number of aromatic carboxylic acids is 1. The predicted molar refractivity (Wildman–Crippen MR) is 42.9 cm³/mol. The van der Waals surface area contributed by atoms with E-state index in [1.54, 1.807) is 4.57 Å². The summed E-state index contributed by atoms with van der Waals surface area (Å²) >= 11 is 0. The van der Waals surface area contributed by atoms with Gasteiger partial charge in [-0.3, -0.25) is 0 Å². The van der Waals surface area contributed by atoms with Crippen molar-refractivity contribution in [3.05, 3.63) is 18.2 Å². The Morgan fingerprint density at radius 3 is 3.08 bits per heavy atom. The van der Waals surface area contributed by atoms with Crippen molar-refractivity contribution in [2.45, 2.75) is 26.3 Å². The van der Waals surface area contributed by atoms with Crippen LogP contribution in [0.1, 0.15) is 30.3 Å². The van der Waals surface area contributed by atoms with Crippen LogP contribution in [0.3, 0.4) is 0 Å². The Kier molecular flexibility index (Phi) is 2.85. The van der Waals surface area contributed by atoms with Gasteiger partial charge in [0.05, 0.1) is 6.33 Å². The Bertz CT molecular complexity index is 268. The molecule has 0 amide bonds. The molecule has 1 radical (unpaired) electrons. The van der Waals surface area contributed by atoms with Gasteiger partial charge in [-0.25, -0.2) is 9.78 Å². The first-order valence-electron chi connectivity index (χ1n) is 3.91. The zero-order valence-corrected chi connectivity index (χ0v) is 6.95. The molecule has 1 aromatic rings. The summed E-state index contributed by atoms with van der Waals surface area (Å²) < 4.78 is 1.67. The molecule has 0 saturated heterocycles. The van der Waals surface area contributed by atoms with Crippen molar-refractivity contribution in [2.75, 3.05) is 0 Å². The van der Waals surface area contributed by atoms with E-state index in [0.717, 1.165) is 19.4 Å². The van der Waals surface area contributed by atoms with E-state index in [4.69, 9.17) is 5.11 Å². The first-order valence-corrected chi connectivity index (χ1v) is 3.91. The number of carboxylic acids is 1. The molecular formula is C8H11N2O2. The molecule has 0 fully saturated rings. The normalized spacial score (nSPS) is 10.1. The number of imidazole rings is 1. The van der Waals surface area contributed by atoms with E-state index in [-0.39, 0.29) is 5.69 Å². The molecule has 4 heteroatoms. The minimum Gasteiger partial charge on any atom is -0.476 e. The van der Waals surface area contributed by atoms with E-state index in [2.05, 4.69) is 18.1 Å². The summed E-state index contributed by atoms with van der Waals surface area (Å²) in [4.78, 5) is 14.1. The van der Waals surface area contributed by atoms with Crippen LogP contribution in [-0.2, 0) is 6.54 Å². The van der Waals surface area contributed by atoms with Crippen molar-refractivity contribution in [1.29, 1.82) is 0 Å². The van der Waals surface area contributed by atoms with Gasteiger partial charge in [-0.1, -0.05) is 13.3 Å². The van der Waals surface area contributed by atoms with Gasteiger partial charge in [-0.2, -0.15) is 0 Å². The van der Waals surface area contributed by atoms with Crippen LogP contribution in [0.5, 0.6) is 0 Å². The smallest absolute Gasteiger partial charge is 0.356 e. The van der Waals surface area contributed by atoms with Crippen molar-refractivity contribution in [3.8, 4) is 0 Å². The molecule has 0 atom stereocenters. The van der Waals surface area contributed by atoms with Gasteiger partial charge in [0.2, 0.25) is 0 Å². The molecule has 1 rings (SSSR count). The molecule has 0 saturated carbocycles.